The highest BCUT2D eigenvalue weighted by atomic mass is 32.1. The van der Waals surface area contributed by atoms with Gasteiger partial charge in [-0.1, -0.05) is 12.1 Å². The minimum atomic E-state index is 0.941. The molecule has 1 aromatic heterocycles. The number of para-hydroxylation sites is 1. The van der Waals surface area contributed by atoms with Gasteiger partial charge in [0.15, 0.2) is 5.58 Å². The van der Waals surface area contributed by atoms with Crippen molar-refractivity contribution in [2.45, 2.75) is 0 Å². The predicted molar refractivity (Wildman–Crippen MR) is 51.2 cm³/mol. The van der Waals surface area contributed by atoms with Gasteiger partial charge in [0.1, 0.15) is 14.1 Å². The molecule has 0 saturated heterocycles. The van der Waals surface area contributed by atoms with Gasteiger partial charge in [-0.05, 0) is 23.5 Å². The largest absolute Gasteiger partial charge is 0.430 e. The summed E-state index contributed by atoms with van der Waals surface area (Å²) >= 11 is 1.66. The van der Waals surface area contributed by atoms with Crippen molar-refractivity contribution in [3.8, 4) is 0 Å². The highest BCUT2D eigenvalue weighted by Gasteiger charge is 2.02. The number of fused-ring (bicyclic) bond motifs is 1. The molecular weight excluding hydrogens is 170 g/mol. The molecule has 0 fully saturated rings. The highest BCUT2D eigenvalue weighted by molar-refractivity contribution is 7.16. The van der Waals surface area contributed by atoms with E-state index >= 15 is 0 Å². The van der Waals surface area contributed by atoms with Gasteiger partial charge in [0.25, 0.3) is 0 Å². The SMILES string of the molecule is C[N+](C)=c1oc2ccccc2s1. The molecular formula is C9H10NOS+. The van der Waals surface area contributed by atoms with Crippen LogP contribution in [0.1, 0.15) is 0 Å². The molecule has 12 heavy (non-hydrogen) atoms. The third kappa shape index (κ3) is 1.16. The van der Waals surface area contributed by atoms with E-state index in [4.69, 9.17) is 4.42 Å². The summed E-state index contributed by atoms with van der Waals surface area (Å²) in [6, 6.07) is 8.06. The molecule has 2 rings (SSSR count). The van der Waals surface area contributed by atoms with Crippen LogP contribution in [0.5, 0.6) is 0 Å². The number of rotatable bonds is 0. The van der Waals surface area contributed by atoms with Gasteiger partial charge in [0, 0.05) is 0 Å². The quantitative estimate of drug-likeness (QED) is 0.561. The van der Waals surface area contributed by atoms with E-state index < -0.39 is 0 Å². The molecule has 3 heteroatoms. The lowest BCUT2D eigenvalue weighted by molar-refractivity contribution is 0.520. The molecule has 1 aromatic carbocycles. The first kappa shape index (κ1) is 7.55. The Morgan fingerprint density at radius 3 is 2.67 bits per heavy atom. The molecule has 0 aliphatic carbocycles. The summed E-state index contributed by atoms with van der Waals surface area (Å²) in [6.45, 7) is 0. The number of nitrogens with zero attached hydrogens (tertiary/aromatic N) is 1. The van der Waals surface area contributed by atoms with E-state index in [0.717, 1.165) is 10.5 Å². The first-order valence-corrected chi connectivity index (χ1v) is 4.58. The molecule has 2 nitrogen and oxygen atoms in total. The highest BCUT2D eigenvalue weighted by Crippen LogP contribution is 2.14. The molecule has 0 unspecified atom stereocenters. The van der Waals surface area contributed by atoms with E-state index in [-0.39, 0.29) is 0 Å². The van der Waals surface area contributed by atoms with Crippen LogP contribution in [0, 0.1) is 0 Å². The van der Waals surface area contributed by atoms with E-state index in [9.17, 15) is 0 Å². The van der Waals surface area contributed by atoms with Crippen molar-refractivity contribution in [1.82, 2.24) is 4.58 Å². The summed E-state index contributed by atoms with van der Waals surface area (Å²) in [6.07, 6.45) is 0. The van der Waals surface area contributed by atoms with Gasteiger partial charge < -0.3 is 4.42 Å². The monoisotopic (exact) mass is 180 g/mol. The van der Waals surface area contributed by atoms with Crippen LogP contribution >= 0.6 is 11.3 Å². The summed E-state index contributed by atoms with van der Waals surface area (Å²) in [5.41, 5.74) is 0.964. The van der Waals surface area contributed by atoms with Crippen LogP contribution < -0.4 is 9.44 Å². The average Bonchev–Trinajstić information content (AvgIpc) is 2.46. The van der Waals surface area contributed by atoms with Crippen LogP contribution in [0.3, 0.4) is 0 Å². The Morgan fingerprint density at radius 2 is 2.00 bits per heavy atom. The topological polar surface area (TPSA) is 16.1 Å². The Balaban J connectivity index is 2.88. The fraction of sp³-hybridized carbons (Fsp3) is 0.222. The second-order valence-corrected chi connectivity index (χ2v) is 3.80. The maximum atomic E-state index is 5.57. The van der Waals surface area contributed by atoms with Gasteiger partial charge in [0.05, 0.1) is 4.70 Å². The maximum absolute atomic E-state index is 5.57. The van der Waals surface area contributed by atoms with Crippen LogP contribution in [0.15, 0.2) is 28.7 Å². The lowest BCUT2D eigenvalue weighted by atomic mass is 10.4. The Labute approximate surface area is 74.4 Å². The van der Waals surface area contributed by atoms with E-state index in [0.29, 0.717) is 0 Å². The molecule has 0 saturated carbocycles. The molecule has 0 bridgehead atoms. The van der Waals surface area contributed by atoms with Crippen molar-refractivity contribution in [3.05, 3.63) is 29.1 Å². The van der Waals surface area contributed by atoms with E-state index in [1.54, 1.807) is 11.3 Å². The summed E-state index contributed by atoms with van der Waals surface area (Å²) in [7, 11) is 3.96. The smallest absolute Gasteiger partial charge is 0.396 e. The first-order valence-electron chi connectivity index (χ1n) is 3.76. The minimum absolute atomic E-state index is 0.941. The zero-order valence-corrected chi connectivity index (χ0v) is 7.89. The standard InChI is InChI=1S/C9H10NOS/c1-10(2)9-11-7-5-3-4-6-8(7)12-9/h3-6H,1-2H3/q+1. The van der Waals surface area contributed by atoms with Crippen LogP contribution in [0.4, 0.5) is 0 Å². The number of benzene rings is 1. The molecule has 2 aromatic rings. The van der Waals surface area contributed by atoms with Crippen molar-refractivity contribution < 1.29 is 4.42 Å². The van der Waals surface area contributed by atoms with E-state index in [1.807, 2.05) is 36.9 Å². The maximum Gasteiger partial charge on any atom is 0.430 e. The molecule has 0 aliphatic heterocycles. The predicted octanol–water partition coefficient (Wildman–Crippen LogP) is 1.53. The zero-order valence-electron chi connectivity index (χ0n) is 7.07. The number of hydrogen-bond donors (Lipinski definition) is 0. The second-order valence-electron chi connectivity index (χ2n) is 2.81. The molecule has 0 radical (unpaired) electrons. The number of hydrogen-bond acceptors (Lipinski definition) is 2. The molecule has 0 amide bonds. The van der Waals surface area contributed by atoms with Crippen molar-refractivity contribution in [3.63, 3.8) is 0 Å². The molecule has 62 valence electrons. The van der Waals surface area contributed by atoms with Crippen molar-refractivity contribution in [1.29, 1.82) is 0 Å². The average molecular weight is 180 g/mol. The normalized spacial score (nSPS) is 10.5. The zero-order chi connectivity index (χ0) is 8.55. The fourth-order valence-electron chi connectivity index (χ4n) is 1.01. The second kappa shape index (κ2) is 2.75. The first-order chi connectivity index (χ1) is 5.77. The van der Waals surface area contributed by atoms with Gasteiger partial charge in [-0.25, -0.2) is 0 Å². The Morgan fingerprint density at radius 1 is 1.25 bits per heavy atom. The molecule has 1 heterocycles. The fourth-order valence-corrected chi connectivity index (χ4v) is 1.87. The van der Waals surface area contributed by atoms with Gasteiger partial charge in [-0.3, -0.25) is 0 Å². The molecule has 0 aliphatic rings. The van der Waals surface area contributed by atoms with Gasteiger partial charge in [-0.2, -0.15) is 4.58 Å². The van der Waals surface area contributed by atoms with Crippen LogP contribution in [-0.2, 0) is 0 Å². The van der Waals surface area contributed by atoms with Crippen LogP contribution in [0.2, 0.25) is 0 Å². The molecule has 0 spiro atoms. The third-order valence-corrected chi connectivity index (χ3v) is 2.79. The summed E-state index contributed by atoms with van der Waals surface area (Å²) in [5, 5.41) is 0. The Hall–Kier alpha value is -1.09. The van der Waals surface area contributed by atoms with Crippen molar-refractivity contribution in [2.75, 3.05) is 14.1 Å². The third-order valence-electron chi connectivity index (χ3n) is 1.61. The lowest BCUT2D eigenvalue weighted by Crippen LogP contribution is -2.16. The van der Waals surface area contributed by atoms with E-state index in [1.165, 1.54) is 4.70 Å². The molecule has 0 N–H and O–H groups in total. The van der Waals surface area contributed by atoms with Crippen molar-refractivity contribution >= 4 is 21.6 Å². The van der Waals surface area contributed by atoms with Crippen LogP contribution in [0.25, 0.3) is 10.3 Å². The lowest BCUT2D eigenvalue weighted by Gasteiger charge is -1.79. The minimum Gasteiger partial charge on any atom is -0.396 e. The van der Waals surface area contributed by atoms with Gasteiger partial charge in [-0.15, -0.1) is 0 Å². The summed E-state index contributed by atoms with van der Waals surface area (Å²) in [4.78, 5) is 0.941. The van der Waals surface area contributed by atoms with Crippen LogP contribution in [-0.4, -0.2) is 14.1 Å². The summed E-state index contributed by atoms with van der Waals surface area (Å²) in [5.74, 6) is 0. The Kier molecular flexibility index (Phi) is 1.73. The Bertz CT molecular complexity index is 426. The van der Waals surface area contributed by atoms with Gasteiger partial charge in [0.2, 0.25) is 0 Å². The van der Waals surface area contributed by atoms with Gasteiger partial charge >= 0.3 is 4.87 Å². The van der Waals surface area contributed by atoms with Crippen molar-refractivity contribution in [2.24, 2.45) is 0 Å². The molecule has 0 atom stereocenters. The van der Waals surface area contributed by atoms with E-state index in [2.05, 4.69) is 6.07 Å². The summed E-state index contributed by atoms with van der Waals surface area (Å²) < 4.78 is 8.75.